The number of hydrogen-bond donors (Lipinski definition) is 4. The number of ether oxygens (including phenoxy) is 2. The molecule has 6 N–H and O–H groups in total. The number of carbonyl (C=O) groups is 2. The highest BCUT2D eigenvalue weighted by Gasteiger charge is 2.34. The summed E-state index contributed by atoms with van der Waals surface area (Å²) in [5.74, 6) is -1.26. The van der Waals surface area contributed by atoms with E-state index in [1.807, 2.05) is 13.8 Å². The number of halogens is 2. The number of nitrogens with two attached hydrogens (primary N) is 2. The van der Waals surface area contributed by atoms with Crippen molar-refractivity contribution < 1.29 is 27.8 Å². The summed E-state index contributed by atoms with van der Waals surface area (Å²) >= 11 is 0. The summed E-state index contributed by atoms with van der Waals surface area (Å²) in [4.78, 5) is 26.1. The Kier molecular flexibility index (Phi) is 8.37. The SMILES string of the molecule is Cc1cc(F)cc2c1NCCC2C(=O)n1nc2c(c1N)CCOC2.Cc1cc(F)cc2c1NCC[C@@H]2C(=O)n1nc2c(c1N)CCOC2. The maximum absolute atomic E-state index is 13.9. The standard InChI is InChI=1S/2C17H19FN4O2/c2*1-9-6-10(18)7-13-11(2-4-20-15(9)13)17(23)22-16(19)12-3-5-24-8-14(12)21-22/h2*6-7,11,20H,2-5,8,19H2,1H3/t11-;/m0./s1. The van der Waals surface area contributed by atoms with Gasteiger partial charge in [0.1, 0.15) is 23.3 Å². The lowest BCUT2D eigenvalue weighted by Gasteiger charge is -2.27. The van der Waals surface area contributed by atoms with Crippen molar-refractivity contribution in [3.05, 3.63) is 80.7 Å². The molecule has 6 heterocycles. The van der Waals surface area contributed by atoms with Gasteiger partial charge in [0.15, 0.2) is 0 Å². The van der Waals surface area contributed by atoms with Crippen LogP contribution in [0.15, 0.2) is 24.3 Å². The predicted molar refractivity (Wildman–Crippen MR) is 175 cm³/mol. The van der Waals surface area contributed by atoms with Crippen molar-refractivity contribution in [2.24, 2.45) is 0 Å². The highest BCUT2D eigenvalue weighted by molar-refractivity contribution is 5.91. The molecule has 0 saturated carbocycles. The number of anilines is 4. The van der Waals surface area contributed by atoms with E-state index >= 15 is 0 Å². The van der Waals surface area contributed by atoms with Crippen LogP contribution in [-0.4, -0.2) is 57.7 Å². The molecule has 2 aromatic carbocycles. The maximum atomic E-state index is 13.9. The molecule has 8 rings (SSSR count). The Morgan fingerprint density at radius 3 is 1.56 bits per heavy atom. The fraction of sp³-hybridized carbons (Fsp3) is 0.412. The molecule has 0 saturated heterocycles. The first kappa shape index (κ1) is 31.8. The van der Waals surface area contributed by atoms with Gasteiger partial charge < -0.3 is 31.6 Å². The topological polar surface area (TPSA) is 164 Å². The number of hydrogen-bond acceptors (Lipinski definition) is 10. The normalized spacial score (nSPS) is 19.3. The van der Waals surface area contributed by atoms with Crippen LogP contribution in [-0.2, 0) is 35.5 Å². The molecule has 1 unspecified atom stereocenters. The number of nitrogens with one attached hydrogen (secondary N) is 2. The van der Waals surface area contributed by atoms with Crippen molar-refractivity contribution in [1.82, 2.24) is 19.6 Å². The summed E-state index contributed by atoms with van der Waals surface area (Å²) in [6.45, 7) is 6.88. The number of fused-ring (bicyclic) bond motifs is 4. The van der Waals surface area contributed by atoms with Gasteiger partial charge >= 0.3 is 0 Å². The maximum Gasteiger partial charge on any atom is 0.256 e. The smallest absolute Gasteiger partial charge is 0.256 e. The van der Waals surface area contributed by atoms with Crippen molar-refractivity contribution in [2.45, 2.75) is 64.6 Å². The zero-order valence-corrected chi connectivity index (χ0v) is 26.9. The number of nitrogen functional groups attached to an aromatic ring is 2. The van der Waals surface area contributed by atoms with Gasteiger partial charge in [-0.25, -0.2) is 8.78 Å². The third-order valence-corrected chi connectivity index (χ3v) is 9.58. The number of aryl methyl sites for hydroxylation is 2. The lowest BCUT2D eigenvalue weighted by atomic mass is 9.88. The molecule has 12 nitrogen and oxygen atoms in total. The van der Waals surface area contributed by atoms with Gasteiger partial charge in [-0.1, -0.05) is 0 Å². The fourth-order valence-electron chi connectivity index (χ4n) is 7.19. The van der Waals surface area contributed by atoms with Gasteiger partial charge in [0.2, 0.25) is 0 Å². The first-order chi connectivity index (χ1) is 23.1. The molecule has 2 aromatic heterocycles. The van der Waals surface area contributed by atoms with Gasteiger partial charge in [0.05, 0.1) is 49.7 Å². The largest absolute Gasteiger partial charge is 0.385 e. The Morgan fingerprint density at radius 2 is 1.17 bits per heavy atom. The summed E-state index contributed by atoms with van der Waals surface area (Å²) in [6.07, 6.45) is 2.47. The van der Waals surface area contributed by atoms with Crippen molar-refractivity contribution in [2.75, 3.05) is 48.4 Å². The lowest BCUT2D eigenvalue weighted by Crippen LogP contribution is -2.29. The highest BCUT2D eigenvalue weighted by atomic mass is 19.1. The van der Waals surface area contributed by atoms with Crippen LogP contribution in [0.2, 0.25) is 0 Å². The Bertz CT molecular complexity index is 1800. The van der Waals surface area contributed by atoms with E-state index in [9.17, 15) is 18.4 Å². The van der Waals surface area contributed by atoms with Gasteiger partial charge in [0, 0.05) is 48.4 Å². The average Bonchev–Trinajstić information content (AvgIpc) is 3.60. The minimum Gasteiger partial charge on any atom is -0.385 e. The van der Waals surface area contributed by atoms with Gasteiger partial charge in [-0.2, -0.15) is 19.6 Å². The van der Waals surface area contributed by atoms with Gasteiger partial charge in [-0.3, -0.25) is 9.59 Å². The molecule has 252 valence electrons. The minimum absolute atomic E-state index is 0.213. The molecule has 0 fully saturated rings. The molecule has 0 radical (unpaired) electrons. The van der Waals surface area contributed by atoms with E-state index in [0.29, 0.717) is 88.0 Å². The number of nitrogens with zero attached hydrogens (tertiary/aromatic N) is 4. The summed E-state index contributed by atoms with van der Waals surface area (Å²) in [6, 6.07) is 5.80. The zero-order chi connectivity index (χ0) is 33.7. The Labute approximate surface area is 275 Å². The van der Waals surface area contributed by atoms with Gasteiger partial charge in [-0.15, -0.1) is 0 Å². The van der Waals surface area contributed by atoms with Crippen molar-refractivity contribution in [3.63, 3.8) is 0 Å². The van der Waals surface area contributed by atoms with Crippen LogP contribution >= 0.6 is 0 Å². The molecule has 0 aliphatic carbocycles. The lowest BCUT2D eigenvalue weighted by molar-refractivity contribution is 0.0846. The van der Waals surface area contributed by atoms with E-state index < -0.39 is 11.8 Å². The van der Waals surface area contributed by atoms with E-state index in [0.717, 1.165) is 45.0 Å². The van der Waals surface area contributed by atoms with Crippen LogP contribution in [0.3, 0.4) is 0 Å². The van der Waals surface area contributed by atoms with E-state index in [4.69, 9.17) is 20.9 Å². The summed E-state index contributed by atoms with van der Waals surface area (Å²) in [5, 5.41) is 15.2. The molecular formula is C34H38F2N8O4. The number of aromatic nitrogens is 4. The Morgan fingerprint density at radius 1 is 0.750 bits per heavy atom. The van der Waals surface area contributed by atoms with E-state index in [-0.39, 0.29) is 23.4 Å². The third-order valence-electron chi connectivity index (χ3n) is 9.58. The summed E-state index contributed by atoms with van der Waals surface area (Å²) < 4.78 is 41.0. The molecule has 14 heteroatoms. The Hall–Kier alpha value is -4.82. The second-order valence-electron chi connectivity index (χ2n) is 12.6. The summed E-state index contributed by atoms with van der Waals surface area (Å²) in [7, 11) is 0. The number of rotatable bonds is 2. The molecule has 0 amide bonds. The monoisotopic (exact) mass is 660 g/mol. The second kappa shape index (κ2) is 12.7. The first-order valence-corrected chi connectivity index (χ1v) is 16.2. The number of carbonyl (C=O) groups excluding carboxylic acids is 2. The van der Waals surface area contributed by atoms with E-state index in [1.54, 1.807) is 0 Å². The van der Waals surface area contributed by atoms with Crippen molar-refractivity contribution in [1.29, 1.82) is 0 Å². The molecule has 4 aliphatic rings. The predicted octanol–water partition coefficient (Wildman–Crippen LogP) is 4.45. The van der Waals surface area contributed by atoms with Crippen LogP contribution in [0.5, 0.6) is 0 Å². The molecule has 48 heavy (non-hydrogen) atoms. The first-order valence-electron chi connectivity index (χ1n) is 16.2. The van der Waals surface area contributed by atoms with Crippen molar-refractivity contribution in [3.8, 4) is 0 Å². The molecule has 0 bridgehead atoms. The van der Waals surface area contributed by atoms with Gasteiger partial charge in [0.25, 0.3) is 11.8 Å². The quantitative estimate of drug-likeness (QED) is 0.242. The van der Waals surface area contributed by atoms with E-state index in [2.05, 4.69) is 20.8 Å². The average molecular weight is 661 g/mol. The zero-order valence-electron chi connectivity index (χ0n) is 26.9. The van der Waals surface area contributed by atoms with Crippen LogP contribution in [0, 0.1) is 25.5 Å². The van der Waals surface area contributed by atoms with Crippen LogP contribution < -0.4 is 22.1 Å². The third kappa shape index (κ3) is 5.58. The molecule has 0 spiro atoms. The molecule has 4 aromatic rings. The minimum atomic E-state index is -0.458. The second-order valence-corrected chi connectivity index (χ2v) is 12.6. The molecular weight excluding hydrogens is 622 g/mol. The molecule has 4 aliphatic heterocycles. The van der Waals surface area contributed by atoms with E-state index in [1.165, 1.54) is 33.6 Å². The van der Waals surface area contributed by atoms with Crippen LogP contribution in [0.25, 0.3) is 0 Å². The summed E-state index contributed by atoms with van der Waals surface area (Å²) in [5.41, 5.74) is 20.1. The highest BCUT2D eigenvalue weighted by Crippen LogP contribution is 2.38. The van der Waals surface area contributed by atoms with Crippen LogP contribution in [0.1, 0.15) is 79.0 Å². The van der Waals surface area contributed by atoms with Crippen molar-refractivity contribution >= 4 is 34.8 Å². The Balaban J connectivity index is 0.000000152. The molecule has 2 atom stereocenters. The fourth-order valence-corrected chi connectivity index (χ4v) is 7.19. The van der Waals surface area contributed by atoms with Crippen LogP contribution in [0.4, 0.5) is 31.8 Å². The number of benzene rings is 2. The van der Waals surface area contributed by atoms with Gasteiger partial charge in [-0.05, 0) is 73.2 Å².